The zero-order valence-electron chi connectivity index (χ0n) is 26.9. The number of carboxylic acid groups (broad SMARTS) is 1. The van der Waals surface area contributed by atoms with Gasteiger partial charge in [0.05, 0.1) is 7.11 Å². The second-order valence-corrected chi connectivity index (χ2v) is 12.6. The van der Waals surface area contributed by atoms with Crippen LogP contribution in [-0.4, -0.2) is 116 Å². The number of amides is 3. The maximum absolute atomic E-state index is 13.3. The lowest BCUT2D eigenvalue weighted by atomic mass is 9.51. The van der Waals surface area contributed by atoms with E-state index in [9.17, 15) is 24.0 Å². The summed E-state index contributed by atoms with van der Waals surface area (Å²) < 4.78 is 18.0. The molecule has 3 amide bonds. The normalized spacial score (nSPS) is 24.2. The summed E-state index contributed by atoms with van der Waals surface area (Å²) in [6, 6.07) is 0.783. The van der Waals surface area contributed by atoms with Gasteiger partial charge >= 0.3 is 12.1 Å². The molecule has 256 valence electrons. The fourth-order valence-electron chi connectivity index (χ4n) is 7.69. The number of carboxylic acids is 1. The number of nitrogens with one attached hydrogen (secondary N) is 2. The lowest BCUT2D eigenvalue weighted by molar-refractivity contribution is -0.142. The number of Topliss-reactive ketones (excluding diaryl/α,β-unsaturated/α-hetero) is 1. The number of guanidine groups is 1. The molecule has 2 fully saturated rings. The Hall–Kier alpha value is -4.60. The van der Waals surface area contributed by atoms with E-state index in [-0.39, 0.29) is 49.8 Å². The third kappa shape index (κ3) is 6.50. The van der Waals surface area contributed by atoms with Gasteiger partial charge in [-0.2, -0.15) is 0 Å². The van der Waals surface area contributed by atoms with Crippen LogP contribution in [0, 0.1) is 5.92 Å². The van der Waals surface area contributed by atoms with Gasteiger partial charge in [0.2, 0.25) is 11.8 Å². The van der Waals surface area contributed by atoms with E-state index < -0.39 is 47.9 Å². The quantitative estimate of drug-likeness (QED) is 0.0782. The van der Waals surface area contributed by atoms with Crippen molar-refractivity contribution in [2.24, 2.45) is 22.4 Å². The van der Waals surface area contributed by atoms with Crippen LogP contribution in [0.1, 0.15) is 49.7 Å². The molecule has 47 heavy (non-hydrogen) atoms. The van der Waals surface area contributed by atoms with Gasteiger partial charge in [-0.15, -0.1) is 0 Å². The Labute approximate surface area is 272 Å². The number of hydrogen-bond acceptors (Lipinski definition) is 10. The Morgan fingerprint density at radius 3 is 2.74 bits per heavy atom. The molecule has 5 rings (SSSR count). The van der Waals surface area contributed by atoms with Crippen molar-refractivity contribution in [3.05, 3.63) is 17.2 Å². The first-order valence-corrected chi connectivity index (χ1v) is 15.8. The average Bonchev–Trinajstić information content (AvgIpc) is 3.36. The summed E-state index contributed by atoms with van der Waals surface area (Å²) in [6.45, 7) is 1.14. The average molecular weight is 658 g/mol. The summed E-state index contributed by atoms with van der Waals surface area (Å²) in [5.41, 5.74) is 12.0. The molecule has 16 nitrogen and oxygen atoms in total. The van der Waals surface area contributed by atoms with Gasteiger partial charge in [0, 0.05) is 61.8 Å². The number of ether oxygens (including phenoxy) is 3. The summed E-state index contributed by atoms with van der Waals surface area (Å²) >= 11 is 0. The summed E-state index contributed by atoms with van der Waals surface area (Å²) in [4.78, 5) is 69.9. The molecule has 2 bridgehead atoms. The number of hydrogen-bond donors (Lipinski definition) is 5. The molecule has 16 heteroatoms. The molecule has 2 heterocycles. The van der Waals surface area contributed by atoms with Crippen LogP contribution in [0.25, 0.3) is 0 Å². The maximum atomic E-state index is 13.3. The number of benzene rings is 1. The van der Waals surface area contributed by atoms with Crippen LogP contribution in [0.15, 0.2) is 11.1 Å². The Morgan fingerprint density at radius 2 is 2.04 bits per heavy atom. The minimum Gasteiger partial charge on any atom is -0.493 e. The SMILES string of the molecule is COc1cc(OC(=O)N(C)CCNC(=O)[C@H](CCCN=C(N)N)NC(=O)CC(=O)O)c2c3c1O[C@H]1C(=O)CC[C@H]4[C@@H](C2)N(C)CC[C@]314. The third-order valence-corrected chi connectivity index (χ3v) is 9.84. The fraction of sp³-hybridized carbons (Fsp3) is 0.613. The molecule has 1 saturated carbocycles. The largest absolute Gasteiger partial charge is 0.493 e. The van der Waals surface area contributed by atoms with Gasteiger partial charge < -0.3 is 51.2 Å². The van der Waals surface area contributed by atoms with Crippen molar-refractivity contribution in [2.45, 2.75) is 68.5 Å². The van der Waals surface area contributed by atoms with Crippen molar-refractivity contribution in [3.8, 4) is 17.2 Å². The number of carbonyl (C=O) groups is 5. The topological polar surface area (TPSA) is 228 Å². The van der Waals surface area contributed by atoms with E-state index in [0.717, 1.165) is 30.5 Å². The van der Waals surface area contributed by atoms with E-state index in [1.54, 1.807) is 6.07 Å². The molecule has 1 spiro atoms. The third-order valence-electron chi connectivity index (χ3n) is 9.84. The van der Waals surface area contributed by atoms with E-state index in [2.05, 4.69) is 27.6 Å². The predicted octanol–water partition coefficient (Wildman–Crippen LogP) is -0.507. The van der Waals surface area contributed by atoms with Gasteiger partial charge in [0.25, 0.3) is 0 Å². The van der Waals surface area contributed by atoms with Gasteiger partial charge in [-0.25, -0.2) is 4.79 Å². The van der Waals surface area contributed by atoms with Crippen LogP contribution >= 0.6 is 0 Å². The minimum absolute atomic E-state index is 0.0271. The molecule has 0 aromatic heterocycles. The van der Waals surface area contributed by atoms with Crippen LogP contribution in [0.3, 0.4) is 0 Å². The number of nitrogens with zero attached hydrogens (tertiary/aromatic N) is 3. The summed E-state index contributed by atoms with van der Waals surface area (Å²) in [5.74, 6) is -1.15. The van der Waals surface area contributed by atoms with Crippen LogP contribution in [-0.2, 0) is 31.0 Å². The number of ketones is 1. The summed E-state index contributed by atoms with van der Waals surface area (Å²) in [6.07, 6.45) is 1.13. The van der Waals surface area contributed by atoms with Gasteiger partial charge in [-0.3, -0.25) is 24.2 Å². The molecule has 0 radical (unpaired) electrons. The molecule has 0 unspecified atom stereocenters. The maximum Gasteiger partial charge on any atom is 0.415 e. The van der Waals surface area contributed by atoms with Crippen molar-refractivity contribution in [3.63, 3.8) is 0 Å². The number of aliphatic carboxylic acids is 1. The van der Waals surface area contributed by atoms with Gasteiger partial charge in [0.15, 0.2) is 29.3 Å². The monoisotopic (exact) mass is 657 g/mol. The number of carbonyl (C=O) groups excluding carboxylic acids is 4. The van der Waals surface area contributed by atoms with E-state index in [1.165, 1.54) is 19.1 Å². The predicted molar refractivity (Wildman–Crippen MR) is 167 cm³/mol. The smallest absolute Gasteiger partial charge is 0.415 e. The molecule has 7 N–H and O–H groups in total. The van der Waals surface area contributed by atoms with Crippen molar-refractivity contribution in [1.29, 1.82) is 0 Å². The number of aliphatic imine (C=N–C) groups is 1. The second-order valence-electron chi connectivity index (χ2n) is 12.6. The highest BCUT2D eigenvalue weighted by atomic mass is 16.6. The molecule has 1 saturated heterocycles. The van der Waals surface area contributed by atoms with Gasteiger partial charge in [-0.1, -0.05) is 0 Å². The van der Waals surface area contributed by atoms with Crippen LogP contribution in [0.4, 0.5) is 4.79 Å². The van der Waals surface area contributed by atoms with E-state index >= 15 is 0 Å². The van der Waals surface area contributed by atoms with E-state index in [4.69, 9.17) is 30.8 Å². The Balaban J connectivity index is 1.26. The zero-order chi connectivity index (χ0) is 34.0. The Morgan fingerprint density at radius 1 is 1.28 bits per heavy atom. The molecule has 1 aromatic carbocycles. The van der Waals surface area contributed by atoms with Crippen molar-refractivity contribution in [1.82, 2.24) is 20.4 Å². The molecule has 1 aromatic rings. The van der Waals surface area contributed by atoms with Crippen LogP contribution in [0.5, 0.6) is 17.2 Å². The number of rotatable bonds is 13. The molecule has 2 aliphatic carbocycles. The van der Waals surface area contributed by atoms with Gasteiger partial charge in [0.1, 0.15) is 18.2 Å². The molecular weight excluding hydrogens is 614 g/mol. The van der Waals surface area contributed by atoms with Crippen molar-refractivity contribution in [2.75, 3.05) is 47.4 Å². The standard InChI is InChI=1S/C31H43N7O9/c1-37-11-8-31-17-6-7-20(39)27(31)47-26-22(45-3)14-21(16(25(26)31)13-19(17)37)46-30(44)38(2)12-10-34-28(43)18(5-4-9-35-29(32)33)36-23(40)15-24(41)42/h14,17-19,27H,4-13,15H2,1-3H3,(H,34,43)(H,36,40)(H,41,42)(H4,32,33,35)/t17-,18-,19+,27-,31-/m0/s1. The van der Waals surface area contributed by atoms with Crippen molar-refractivity contribution >= 4 is 35.6 Å². The molecule has 5 atom stereocenters. The number of likely N-dealkylation sites (tertiary alicyclic amines) is 1. The van der Waals surface area contributed by atoms with Gasteiger partial charge in [-0.05, 0) is 51.6 Å². The van der Waals surface area contributed by atoms with Crippen molar-refractivity contribution < 1.29 is 43.3 Å². The number of likely N-dealkylation sites (N-methyl/N-ethyl adjacent to an activating group) is 2. The number of methoxy groups -OCH3 is 1. The second kappa shape index (κ2) is 13.6. The fourth-order valence-corrected chi connectivity index (χ4v) is 7.69. The molecular formula is C31H43N7O9. The molecule has 4 aliphatic rings. The highest BCUT2D eigenvalue weighted by molar-refractivity contribution is 5.96. The van der Waals surface area contributed by atoms with E-state index in [0.29, 0.717) is 36.5 Å². The van der Waals surface area contributed by atoms with E-state index in [1.807, 2.05) is 0 Å². The Kier molecular flexibility index (Phi) is 9.79. The zero-order valence-corrected chi connectivity index (χ0v) is 26.9. The molecule has 2 aliphatic heterocycles. The highest BCUT2D eigenvalue weighted by Crippen LogP contribution is 2.64. The van der Waals surface area contributed by atoms with Crippen LogP contribution < -0.4 is 36.3 Å². The summed E-state index contributed by atoms with van der Waals surface area (Å²) in [5, 5.41) is 14.0. The lowest BCUT2D eigenvalue weighted by Crippen LogP contribution is -2.65. The number of piperidine rings is 1. The lowest BCUT2D eigenvalue weighted by Gasteiger charge is -2.57. The first-order chi connectivity index (χ1) is 22.4. The Bertz CT molecular complexity index is 1480. The first-order valence-electron chi connectivity index (χ1n) is 15.8. The van der Waals surface area contributed by atoms with Crippen LogP contribution in [0.2, 0.25) is 0 Å². The number of nitrogens with two attached hydrogens (primary N) is 2. The summed E-state index contributed by atoms with van der Waals surface area (Å²) in [7, 11) is 5.13. The minimum atomic E-state index is -1.33. The highest BCUT2D eigenvalue weighted by Gasteiger charge is 2.66. The first kappa shape index (κ1) is 33.8.